The van der Waals surface area contributed by atoms with Crippen molar-refractivity contribution in [2.45, 2.75) is 44.9 Å². The number of carbonyl (C=O) groups excluding carboxylic acids is 1. The van der Waals surface area contributed by atoms with Crippen molar-refractivity contribution >= 4 is 11.6 Å². The van der Waals surface area contributed by atoms with E-state index in [0.717, 1.165) is 18.0 Å². The lowest BCUT2D eigenvalue weighted by Crippen LogP contribution is -2.14. The van der Waals surface area contributed by atoms with E-state index < -0.39 is 0 Å². The van der Waals surface area contributed by atoms with E-state index >= 15 is 0 Å². The van der Waals surface area contributed by atoms with Gasteiger partial charge in [-0.2, -0.15) is 0 Å². The van der Waals surface area contributed by atoms with Crippen LogP contribution >= 0.6 is 0 Å². The molecule has 1 aromatic carbocycles. The molecule has 1 aliphatic carbocycles. The third-order valence-electron chi connectivity index (χ3n) is 4.20. The maximum atomic E-state index is 12.0. The van der Waals surface area contributed by atoms with Crippen molar-refractivity contribution in [3.63, 3.8) is 0 Å². The molecule has 1 amide bonds. The molecule has 1 aromatic rings. The fourth-order valence-corrected chi connectivity index (χ4v) is 3.26. The summed E-state index contributed by atoms with van der Waals surface area (Å²) < 4.78 is 0. The van der Waals surface area contributed by atoms with E-state index in [2.05, 4.69) is 24.4 Å². The number of rotatable bonds is 2. The molecule has 1 unspecified atom stereocenters. The van der Waals surface area contributed by atoms with Crippen LogP contribution in [0.5, 0.6) is 0 Å². The molecule has 0 radical (unpaired) electrons. The number of fused-ring (bicyclic) bond motifs is 1. The lowest BCUT2D eigenvalue weighted by Gasteiger charge is -2.14. The summed E-state index contributed by atoms with van der Waals surface area (Å²) >= 11 is 0. The summed E-state index contributed by atoms with van der Waals surface area (Å²) in [6, 6.07) is 6.28. The largest absolute Gasteiger partial charge is 0.325 e. The second kappa shape index (κ2) is 4.17. The van der Waals surface area contributed by atoms with Gasteiger partial charge in [-0.25, -0.2) is 0 Å². The van der Waals surface area contributed by atoms with E-state index in [1.165, 1.54) is 36.8 Å². The summed E-state index contributed by atoms with van der Waals surface area (Å²) in [5.74, 6) is 1.07. The fourth-order valence-electron chi connectivity index (χ4n) is 3.26. The SMILES string of the molecule is Cc1ccc2c(c1)C(CC1CCCC1)C(=O)N2. The Labute approximate surface area is 102 Å². The molecule has 1 saturated carbocycles. The van der Waals surface area contributed by atoms with Gasteiger partial charge >= 0.3 is 0 Å². The zero-order valence-electron chi connectivity index (χ0n) is 10.3. The highest BCUT2D eigenvalue weighted by Crippen LogP contribution is 2.40. The van der Waals surface area contributed by atoms with Gasteiger partial charge in [0.25, 0.3) is 0 Å². The first kappa shape index (κ1) is 10.8. The summed E-state index contributed by atoms with van der Waals surface area (Å²) in [6.07, 6.45) is 6.36. The zero-order valence-corrected chi connectivity index (χ0v) is 10.3. The average Bonchev–Trinajstić information content (AvgIpc) is 2.90. The molecular weight excluding hydrogens is 210 g/mol. The Balaban J connectivity index is 1.85. The van der Waals surface area contributed by atoms with Crippen molar-refractivity contribution in [2.24, 2.45) is 5.92 Å². The van der Waals surface area contributed by atoms with E-state index in [-0.39, 0.29) is 11.8 Å². The molecule has 1 atom stereocenters. The number of benzene rings is 1. The summed E-state index contributed by atoms with van der Waals surface area (Å²) in [4.78, 5) is 12.0. The number of hydrogen-bond acceptors (Lipinski definition) is 1. The molecule has 2 heteroatoms. The second-order valence-electron chi connectivity index (χ2n) is 5.52. The standard InChI is InChI=1S/C15H19NO/c1-10-6-7-14-12(8-10)13(15(17)16-14)9-11-4-2-3-5-11/h6-8,11,13H,2-5,9H2,1H3,(H,16,17). The maximum Gasteiger partial charge on any atom is 0.232 e. The predicted octanol–water partition coefficient (Wildman–Crippen LogP) is 3.61. The number of amides is 1. The van der Waals surface area contributed by atoms with Crippen molar-refractivity contribution in [3.05, 3.63) is 29.3 Å². The van der Waals surface area contributed by atoms with Crippen LogP contribution in [-0.4, -0.2) is 5.91 Å². The molecule has 2 aliphatic rings. The fraction of sp³-hybridized carbons (Fsp3) is 0.533. The van der Waals surface area contributed by atoms with Gasteiger partial charge in [0.05, 0.1) is 5.92 Å². The molecule has 3 rings (SSSR count). The highest BCUT2D eigenvalue weighted by atomic mass is 16.2. The minimum absolute atomic E-state index is 0.105. The Morgan fingerprint density at radius 2 is 2.06 bits per heavy atom. The highest BCUT2D eigenvalue weighted by Gasteiger charge is 2.33. The topological polar surface area (TPSA) is 29.1 Å². The van der Waals surface area contributed by atoms with Crippen LogP contribution < -0.4 is 5.32 Å². The van der Waals surface area contributed by atoms with Crippen LogP contribution in [0.3, 0.4) is 0 Å². The van der Waals surface area contributed by atoms with E-state index in [9.17, 15) is 4.79 Å². The van der Waals surface area contributed by atoms with Gasteiger partial charge in [-0.3, -0.25) is 4.79 Å². The maximum absolute atomic E-state index is 12.0. The van der Waals surface area contributed by atoms with Gasteiger partial charge in [0.2, 0.25) is 5.91 Å². The average molecular weight is 229 g/mol. The summed E-state index contributed by atoms with van der Waals surface area (Å²) in [5.41, 5.74) is 3.50. The minimum atomic E-state index is 0.105. The molecular formula is C15H19NO. The first-order valence-corrected chi connectivity index (χ1v) is 6.65. The van der Waals surface area contributed by atoms with Crippen molar-refractivity contribution < 1.29 is 4.79 Å². The lowest BCUT2D eigenvalue weighted by molar-refractivity contribution is -0.117. The zero-order chi connectivity index (χ0) is 11.8. The van der Waals surface area contributed by atoms with Gasteiger partial charge in [0.1, 0.15) is 0 Å². The molecule has 1 heterocycles. The van der Waals surface area contributed by atoms with Gasteiger partial charge in [-0.15, -0.1) is 0 Å². The Morgan fingerprint density at radius 1 is 1.29 bits per heavy atom. The molecule has 17 heavy (non-hydrogen) atoms. The normalized spacial score (nSPS) is 23.8. The first-order chi connectivity index (χ1) is 8.24. The van der Waals surface area contributed by atoms with Crippen molar-refractivity contribution in [1.29, 1.82) is 0 Å². The molecule has 0 bridgehead atoms. The molecule has 1 fully saturated rings. The van der Waals surface area contributed by atoms with E-state index in [1.807, 2.05) is 6.07 Å². The third-order valence-corrected chi connectivity index (χ3v) is 4.20. The van der Waals surface area contributed by atoms with Crippen LogP contribution in [-0.2, 0) is 4.79 Å². The minimum Gasteiger partial charge on any atom is -0.325 e. The van der Waals surface area contributed by atoms with Crippen LogP contribution in [0, 0.1) is 12.8 Å². The Hall–Kier alpha value is -1.31. The molecule has 1 aliphatic heterocycles. The van der Waals surface area contributed by atoms with Crippen LogP contribution in [0.15, 0.2) is 18.2 Å². The number of aryl methyl sites for hydroxylation is 1. The van der Waals surface area contributed by atoms with Gasteiger partial charge in [0.15, 0.2) is 0 Å². The van der Waals surface area contributed by atoms with E-state index in [4.69, 9.17) is 0 Å². The van der Waals surface area contributed by atoms with E-state index in [1.54, 1.807) is 0 Å². The smallest absolute Gasteiger partial charge is 0.232 e. The van der Waals surface area contributed by atoms with Crippen molar-refractivity contribution in [2.75, 3.05) is 5.32 Å². The van der Waals surface area contributed by atoms with E-state index in [0.29, 0.717) is 0 Å². The van der Waals surface area contributed by atoms with Crippen LogP contribution in [0.1, 0.15) is 49.1 Å². The van der Waals surface area contributed by atoms with Crippen molar-refractivity contribution in [1.82, 2.24) is 0 Å². The Morgan fingerprint density at radius 3 is 2.82 bits per heavy atom. The quantitative estimate of drug-likeness (QED) is 0.824. The highest BCUT2D eigenvalue weighted by molar-refractivity contribution is 6.02. The molecule has 2 nitrogen and oxygen atoms in total. The van der Waals surface area contributed by atoms with Gasteiger partial charge in [-0.05, 0) is 30.9 Å². The molecule has 0 saturated heterocycles. The third kappa shape index (κ3) is 1.97. The predicted molar refractivity (Wildman–Crippen MR) is 69.1 cm³/mol. The van der Waals surface area contributed by atoms with Crippen LogP contribution in [0.2, 0.25) is 0 Å². The molecule has 1 N–H and O–H groups in total. The second-order valence-corrected chi connectivity index (χ2v) is 5.52. The Bertz CT molecular complexity index is 446. The lowest BCUT2D eigenvalue weighted by atomic mass is 9.88. The van der Waals surface area contributed by atoms with Crippen molar-refractivity contribution in [3.8, 4) is 0 Å². The number of hydrogen-bond donors (Lipinski definition) is 1. The number of nitrogens with one attached hydrogen (secondary N) is 1. The Kier molecular flexibility index (Phi) is 2.65. The van der Waals surface area contributed by atoms with Crippen LogP contribution in [0.4, 0.5) is 5.69 Å². The number of carbonyl (C=O) groups is 1. The number of anilines is 1. The first-order valence-electron chi connectivity index (χ1n) is 6.65. The summed E-state index contributed by atoms with van der Waals surface area (Å²) in [5, 5.41) is 3.01. The summed E-state index contributed by atoms with van der Waals surface area (Å²) in [6.45, 7) is 2.09. The van der Waals surface area contributed by atoms with Gasteiger partial charge in [0, 0.05) is 5.69 Å². The monoisotopic (exact) mass is 229 g/mol. The molecule has 90 valence electrons. The molecule has 0 spiro atoms. The van der Waals surface area contributed by atoms with Gasteiger partial charge < -0.3 is 5.32 Å². The molecule has 0 aromatic heterocycles. The van der Waals surface area contributed by atoms with Crippen LogP contribution in [0.25, 0.3) is 0 Å². The summed E-state index contributed by atoms with van der Waals surface area (Å²) in [7, 11) is 0. The van der Waals surface area contributed by atoms with Gasteiger partial charge in [-0.1, -0.05) is 43.4 Å².